The number of hydrogen-bond acceptors (Lipinski definition) is 2. The normalized spacial score (nSPS) is 10.6. The molecule has 0 atom stereocenters. The molecule has 0 spiro atoms. The fourth-order valence-electron chi connectivity index (χ4n) is 2.31. The Kier molecular flexibility index (Phi) is 4.22. The number of amides is 1. The summed E-state index contributed by atoms with van der Waals surface area (Å²) < 4.78 is 14.2. The van der Waals surface area contributed by atoms with E-state index >= 15 is 0 Å². The van der Waals surface area contributed by atoms with Crippen molar-refractivity contribution in [3.8, 4) is 5.69 Å². The summed E-state index contributed by atoms with van der Waals surface area (Å²) >= 11 is 5.84. The topological polar surface area (TPSA) is 66.9 Å². The molecule has 2 aromatic carbocycles. The van der Waals surface area contributed by atoms with Gasteiger partial charge in [-0.05, 0) is 55.5 Å². The smallest absolute Gasteiger partial charge is 0.284 e. The molecule has 1 heterocycles. The van der Waals surface area contributed by atoms with Gasteiger partial charge in [0.2, 0.25) is 0 Å². The molecule has 5 nitrogen and oxygen atoms in total. The summed E-state index contributed by atoms with van der Waals surface area (Å²) in [6.45, 7) is 1.63. The van der Waals surface area contributed by atoms with Gasteiger partial charge in [-0.25, -0.2) is 9.07 Å². The molecule has 0 saturated carbocycles. The van der Waals surface area contributed by atoms with E-state index in [9.17, 15) is 14.0 Å². The number of aromatic nitrogens is 2. The zero-order chi connectivity index (χ0) is 17.3. The predicted octanol–water partition coefficient (Wildman–Crippen LogP) is 3.52. The van der Waals surface area contributed by atoms with Gasteiger partial charge in [-0.1, -0.05) is 11.6 Å². The van der Waals surface area contributed by atoms with Crippen LogP contribution in [0.1, 0.15) is 16.1 Å². The Hall–Kier alpha value is -2.86. The number of nitrogens with zero attached hydrogens (tertiary/aromatic N) is 1. The summed E-state index contributed by atoms with van der Waals surface area (Å²) in [5.41, 5.74) is 0.908. The fraction of sp³-hybridized carbons (Fsp3) is 0.0588. The van der Waals surface area contributed by atoms with E-state index in [0.29, 0.717) is 22.1 Å². The zero-order valence-electron chi connectivity index (χ0n) is 12.6. The first kappa shape index (κ1) is 16.0. The number of carbonyl (C=O) groups excluding carboxylic acids is 1. The van der Waals surface area contributed by atoms with Crippen LogP contribution in [0.15, 0.2) is 53.3 Å². The van der Waals surface area contributed by atoms with Crippen molar-refractivity contribution in [3.63, 3.8) is 0 Å². The van der Waals surface area contributed by atoms with Crippen molar-refractivity contribution in [2.45, 2.75) is 6.92 Å². The standard InChI is InChI=1S/C17H13ClFN3O2/c1-10-15(16(23)20-13-6-4-12(19)5-7-13)17(24)22(21-10)14-8-2-11(18)3-9-14/h2-9,21H,1H3,(H,20,23). The number of carbonyl (C=O) groups is 1. The van der Waals surface area contributed by atoms with E-state index in [4.69, 9.17) is 11.6 Å². The molecule has 0 aliphatic rings. The highest BCUT2D eigenvalue weighted by molar-refractivity contribution is 6.30. The molecule has 0 unspecified atom stereocenters. The Morgan fingerprint density at radius 1 is 1.12 bits per heavy atom. The van der Waals surface area contributed by atoms with Gasteiger partial charge in [-0.3, -0.25) is 14.7 Å². The Bertz CT molecular complexity index is 943. The van der Waals surface area contributed by atoms with Crippen LogP contribution in [0.4, 0.5) is 10.1 Å². The summed E-state index contributed by atoms with van der Waals surface area (Å²) in [6, 6.07) is 11.9. The molecule has 7 heteroatoms. The Balaban J connectivity index is 1.94. The number of halogens is 2. The average Bonchev–Trinajstić information content (AvgIpc) is 2.85. The maximum Gasteiger partial charge on any atom is 0.284 e. The van der Waals surface area contributed by atoms with Crippen molar-refractivity contribution < 1.29 is 9.18 Å². The van der Waals surface area contributed by atoms with E-state index in [2.05, 4.69) is 10.4 Å². The first-order valence-corrected chi connectivity index (χ1v) is 7.48. The number of benzene rings is 2. The van der Waals surface area contributed by atoms with E-state index in [1.54, 1.807) is 31.2 Å². The van der Waals surface area contributed by atoms with E-state index in [-0.39, 0.29) is 5.56 Å². The summed E-state index contributed by atoms with van der Waals surface area (Å²) in [4.78, 5) is 24.9. The van der Waals surface area contributed by atoms with Crippen LogP contribution in [0.2, 0.25) is 5.02 Å². The SMILES string of the molecule is Cc1[nH]n(-c2ccc(Cl)cc2)c(=O)c1C(=O)Nc1ccc(F)cc1. The van der Waals surface area contributed by atoms with Gasteiger partial charge in [-0.15, -0.1) is 0 Å². The van der Waals surface area contributed by atoms with Gasteiger partial charge in [0, 0.05) is 16.4 Å². The van der Waals surface area contributed by atoms with Crippen molar-refractivity contribution in [1.82, 2.24) is 9.78 Å². The molecular formula is C17H13ClFN3O2. The average molecular weight is 346 g/mol. The number of hydrogen-bond donors (Lipinski definition) is 2. The Labute approximate surface area is 141 Å². The third-order valence-electron chi connectivity index (χ3n) is 3.49. The lowest BCUT2D eigenvalue weighted by Crippen LogP contribution is -2.24. The van der Waals surface area contributed by atoms with E-state index in [0.717, 1.165) is 0 Å². The molecule has 0 bridgehead atoms. The van der Waals surface area contributed by atoms with Crippen LogP contribution in [-0.2, 0) is 0 Å². The van der Waals surface area contributed by atoms with Crippen molar-refractivity contribution in [2.75, 3.05) is 5.32 Å². The van der Waals surface area contributed by atoms with Gasteiger partial charge in [0.25, 0.3) is 11.5 Å². The highest BCUT2D eigenvalue weighted by Crippen LogP contribution is 2.14. The molecule has 122 valence electrons. The van der Waals surface area contributed by atoms with Gasteiger partial charge < -0.3 is 5.32 Å². The molecule has 0 radical (unpaired) electrons. The third kappa shape index (κ3) is 3.09. The molecule has 2 N–H and O–H groups in total. The van der Waals surface area contributed by atoms with Crippen LogP contribution in [0.3, 0.4) is 0 Å². The second-order valence-electron chi connectivity index (χ2n) is 5.19. The first-order chi connectivity index (χ1) is 11.5. The zero-order valence-corrected chi connectivity index (χ0v) is 13.4. The van der Waals surface area contributed by atoms with Gasteiger partial charge in [0.1, 0.15) is 11.4 Å². The van der Waals surface area contributed by atoms with Crippen molar-refractivity contribution in [2.24, 2.45) is 0 Å². The lowest BCUT2D eigenvalue weighted by molar-refractivity contribution is 0.102. The Morgan fingerprint density at radius 2 is 1.75 bits per heavy atom. The van der Waals surface area contributed by atoms with E-state index in [1.807, 2.05) is 0 Å². The molecule has 0 aliphatic heterocycles. The van der Waals surface area contributed by atoms with Crippen LogP contribution in [0.25, 0.3) is 5.69 Å². The van der Waals surface area contributed by atoms with Crippen molar-refractivity contribution in [3.05, 3.63) is 81.0 Å². The molecule has 0 saturated heterocycles. The molecule has 1 amide bonds. The summed E-state index contributed by atoms with van der Waals surface area (Å²) in [5, 5.41) is 5.99. The summed E-state index contributed by atoms with van der Waals surface area (Å²) in [7, 11) is 0. The van der Waals surface area contributed by atoms with Crippen LogP contribution >= 0.6 is 11.6 Å². The minimum atomic E-state index is -0.562. The molecule has 24 heavy (non-hydrogen) atoms. The second-order valence-corrected chi connectivity index (χ2v) is 5.63. The molecule has 1 aromatic heterocycles. The molecular weight excluding hydrogens is 333 g/mol. The highest BCUT2D eigenvalue weighted by Gasteiger charge is 2.19. The molecule has 0 fully saturated rings. The number of aryl methyl sites for hydroxylation is 1. The maximum absolute atomic E-state index is 12.9. The maximum atomic E-state index is 12.9. The van der Waals surface area contributed by atoms with Gasteiger partial charge in [-0.2, -0.15) is 0 Å². The number of anilines is 1. The predicted molar refractivity (Wildman–Crippen MR) is 90.5 cm³/mol. The lowest BCUT2D eigenvalue weighted by Gasteiger charge is -2.03. The monoisotopic (exact) mass is 345 g/mol. The minimum absolute atomic E-state index is 0.00530. The van der Waals surface area contributed by atoms with Crippen LogP contribution in [0, 0.1) is 12.7 Å². The van der Waals surface area contributed by atoms with Crippen LogP contribution in [-0.4, -0.2) is 15.7 Å². The largest absolute Gasteiger partial charge is 0.322 e. The van der Waals surface area contributed by atoms with Crippen LogP contribution < -0.4 is 10.9 Å². The third-order valence-corrected chi connectivity index (χ3v) is 3.74. The molecule has 3 aromatic rings. The van der Waals surface area contributed by atoms with Gasteiger partial charge >= 0.3 is 0 Å². The first-order valence-electron chi connectivity index (χ1n) is 7.10. The summed E-state index contributed by atoms with van der Waals surface area (Å²) in [6.07, 6.45) is 0. The molecule has 3 rings (SSSR count). The number of H-pyrrole nitrogens is 1. The fourth-order valence-corrected chi connectivity index (χ4v) is 2.44. The van der Waals surface area contributed by atoms with E-state index < -0.39 is 17.3 Å². The van der Waals surface area contributed by atoms with Crippen molar-refractivity contribution >= 4 is 23.2 Å². The lowest BCUT2D eigenvalue weighted by atomic mass is 10.2. The minimum Gasteiger partial charge on any atom is -0.322 e. The number of nitrogens with one attached hydrogen (secondary N) is 2. The highest BCUT2D eigenvalue weighted by atomic mass is 35.5. The van der Waals surface area contributed by atoms with Gasteiger partial charge in [0.05, 0.1) is 5.69 Å². The summed E-state index contributed by atoms with van der Waals surface area (Å²) in [5.74, 6) is -0.969. The van der Waals surface area contributed by atoms with Crippen LogP contribution in [0.5, 0.6) is 0 Å². The van der Waals surface area contributed by atoms with Crippen molar-refractivity contribution in [1.29, 1.82) is 0 Å². The Morgan fingerprint density at radius 3 is 2.38 bits per heavy atom. The van der Waals surface area contributed by atoms with E-state index in [1.165, 1.54) is 28.9 Å². The second kappa shape index (κ2) is 6.33. The number of aromatic amines is 1. The van der Waals surface area contributed by atoms with Gasteiger partial charge in [0.15, 0.2) is 0 Å². The molecule has 0 aliphatic carbocycles. The number of rotatable bonds is 3. The quantitative estimate of drug-likeness (QED) is 0.762.